The molecule has 2 saturated carbocycles. The van der Waals surface area contributed by atoms with E-state index >= 15 is 0 Å². The molecule has 0 heterocycles. The maximum absolute atomic E-state index is 12.2. The van der Waals surface area contributed by atoms with Gasteiger partial charge in [0, 0.05) is 18.5 Å². The first-order valence-electron chi connectivity index (χ1n) is 8.29. The number of nitrogens with one attached hydrogen (secondary N) is 1. The van der Waals surface area contributed by atoms with Gasteiger partial charge in [-0.25, -0.2) is 0 Å². The summed E-state index contributed by atoms with van der Waals surface area (Å²) in [5.41, 5.74) is 5.91. The van der Waals surface area contributed by atoms with E-state index in [2.05, 4.69) is 5.32 Å². The molecule has 2 aliphatic rings. The standard InChI is InChI=1S/C16H30N2O/c17-15-10-8-13(9-11-15)12-18-16(19)14-6-4-2-1-3-5-7-14/h13-15H,1-12,17H2,(H,18,19). The fourth-order valence-electron chi connectivity index (χ4n) is 3.50. The molecule has 0 spiro atoms. The first-order valence-corrected chi connectivity index (χ1v) is 8.29. The third-order valence-electron chi connectivity index (χ3n) is 4.93. The van der Waals surface area contributed by atoms with Crippen molar-refractivity contribution in [3.8, 4) is 0 Å². The lowest BCUT2D eigenvalue weighted by Gasteiger charge is -2.27. The number of rotatable bonds is 3. The van der Waals surface area contributed by atoms with Gasteiger partial charge in [0.15, 0.2) is 0 Å². The predicted molar refractivity (Wildman–Crippen MR) is 78.8 cm³/mol. The van der Waals surface area contributed by atoms with Crippen molar-refractivity contribution in [1.29, 1.82) is 0 Å². The Balaban J connectivity index is 1.67. The fourth-order valence-corrected chi connectivity index (χ4v) is 3.50. The fraction of sp³-hybridized carbons (Fsp3) is 0.938. The average molecular weight is 266 g/mol. The van der Waals surface area contributed by atoms with Crippen molar-refractivity contribution in [2.24, 2.45) is 17.6 Å². The van der Waals surface area contributed by atoms with E-state index in [4.69, 9.17) is 5.73 Å². The van der Waals surface area contributed by atoms with Gasteiger partial charge in [0.25, 0.3) is 0 Å². The Morgan fingerprint density at radius 2 is 1.47 bits per heavy atom. The predicted octanol–water partition coefficient (Wildman–Crippen LogP) is 2.98. The second kappa shape index (κ2) is 7.88. The first-order chi connectivity index (χ1) is 9.25. The largest absolute Gasteiger partial charge is 0.356 e. The van der Waals surface area contributed by atoms with Crippen molar-refractivity contribution in [2.75, 3.05) is 6.54 Å². The normalized spacial score (nSPS) is 30.4. The highest BCUT2D eigenvalue weighted by Gasteiger charge is 2.22. The van der Waals surface area contributed by atoms with E-state index in [1.54, 1.807) is 0 Å². The van der Waals surface area contributed by atoms with Gasteiger partial charge < -0.3 is 11.1 Å². The number of hydrogen-bond acceptors (Lipinski definition) is 2. The molecule has 3 heteroatoms. The van der Waals surface area contributed by atoms with Gasteiger partial charge in [0.05, 0.1) is 0 Å². The molecule has 2 fully saturated rings. The Hall–Kier alpha value is -0.570. The van der Waals surface area contributed by atoms with Crippen LogP contribution in [0.1, 0.15) is 70.6 Å². The summed E-state index contributed by atoms with van der Waals surface area (Å²) in [5, 5.41) is 3.21. The lowest BCUT2D eigenvalue weighted by atomic mass is 9.86. The lowest BCUT2D eigenvalue weighted by molar-refractivity contribution is -0.125. The Labute approximate surface area is 117 Å². The minimum absolute atomic E-state index is 0.283. The lowest BCUT2D eigenvalue weighted by Crippen LogP contribution is -2.37. The number of carbonyl (C=O) groups is 1. The van der Waals surface area contributed by atoms with Crippen LogP contribution >= 0.6 is 0 Å². The second-order valence-corrected chi connectivity index (χ2v) is 6.57. The van der Waals surface area contributed by atoms with E-state index in [0.717, 1.165) is 32.2 Å². The van der Waals surface area contributed by atoms with E-state index in [1.807, 2.05) is 0 Å². The van der Waals surface area contributed by atoms with E-state index < -0.39 is 0 Å². The van der Waals surface area contributed by atoms with Gasteiger partial charge >= 0.3 is 0 Å². The Bertz CT molecular complexity index is 264. The van der Waals surface area contributed by atoms with Crippen LogP contribution < -0.4 is 11.1 Å². The van der Waals surface area contributed by atoms with Crippen LogP contribution in [0.15, 0.2) is 0 Å². The molecule has 3 N–H and O–H groups in total. The van der Waals surface area contributed by atoms with E-state index in [9.17, 15) is 4.79 Å². The molecule has 0 aromatic carbocycles. The minimum atomic E-state index is 0.283. The summed E-state index contributed by atoms with van der Waals surface area (Å²) in [5.74, 6) is 1.26. The maximum atomic E-state index is 12.2. The monoisotopic (exact) mass is 266 g/mol. The van der Waals surface area contributed by atoms with Crippen molar-refractivity contribution < 1.29 is 4.79 Å². The Morgan fingerprint density at radius 3 is 2.11 bits per heavy atom. The van der Waals surface area contributed by atoms with E-state index in [1.165, 1.54) is 44.9 Å². The number of carbonyl (C=O) groups excluding carboxylic acids is 1. The van der Waals surface area contributed by atoms with E-state index in [0.29, 0.717) is 17.9 Å². The molecule has 0 saturated heterocycles. The first kappa shape index (κ1) is 14.8. The summed E-state index contributed by atoms with van der Waals surface area (Å²) in [6, 6.07) is 0.401. The highest BCUT2D eigenvalue weighted by atomic mass is 16.1. The van der Waals surface area contributed by atoms with Crippen molar-refractivity contribution >= 4 is 5.91 Å². The molecule has 2 rings (SSSR count). The van der Waals surface area contributed by atoms with Gasteiger partial charge in [0.2, 0.25) is 5.91 Å². The molecule has 2 aliphatic carbocycles. The van der Waals surface area contributed by atoms with Gasteiger partial charge in [0.1, 0.15) is 0 Å². The van der Waals surface area contributed by atoms with Gasteiger partial charge in [-0.1, -0.05) is 32.1 Å². The Morgan fingerprint density at radius 1 is 0.895 bits per heavy atom. The number of amides is 1. The summed E-state index contributed by atoms with van der Waals surface area (Å²) in [4.78, 5) is 12.2. The minimum Gasteiger partial charge on any atom is -0.356 e. The van der Waals surface area contributed by atoms with Gasteiger partial charge in [-0.15, -0.1) is 0 Å². The van der Waals surface area contributed by atoms with Crippen LogP contribution in [-0.4, -0.2) is 18.5 Å². The highest BCUT2D eigenvalue weighted by molar-refractivity contribution is 5.78. The van der Waals surface area contributed by atoms with E-state index in [-0.39, 0.29) is 5.92 Å². The average Bonchev–Trinajstić information content (AvgIpc) is 2.37. The van der Waals surface area contributed by atoms with Crippen molar-refractivity contribution in [3.05, 3.63) is 0 Å². The highest BCUT2D eigenvalue weighted by Crippen LogP contribution is 2.24. The summed E-state index contributed by atoms with van der Waals surface area (Å²) in [6.07, 6.45) is 13.3. The van der Waals surface area contributed by atoms with Crippen LogP contribution in [0.4, 0.5) is 0 Å². The number of hydrogen-bond donors (Lipinski definition) is 2. The van der Waals surface area contributed by atoms with Crippen LogP contribution in [0.2, 0.25) is 0 Å². The summed E-state index contributed by atoms with van der Waals surface area (Å²) < 4.78 is 0. The Kier molecular flexibility index (Phi) is 6.15. The molecule has 0 aromatic heterocycles. The molecule has 1 amide bonds. The van der Waals surface area contributed by atoms with Crippen LogP contribution in [0, 0.1) is 11.8 Å². The summed E-state index contributed by atoms with van der Waals surface area (Å²) >= 11 is 0. The summed E-state index contributed by atoms with van der Waals surface area (Å²) in [6.45, 7) is 0.877. The van der Waals surface area contributed by atoms with Crippen molar-refractivity contribution in [2.45, 2.75) is 76.7 Å². The number of nitrogens with two attached hydrogens (primary N) is 1. The zero-order valence-corrected chi connectivity index (χ0v) is 12.2. The topological polar surface area (TPSA) is 55.1 Å². The van der Waals surface area contributed by atoms with Crippen LogP contribution in [0.3, 0.4) is 0 Å². The molecule has 19 heavy (non-hydrogen) atoms. The van der Waals surface area contributed by atoms with Crippen molar-refractivity contribution in [3.63, 3.8) is 0 Å². The van der Waals surface area contributed by atoms with Crippen LogP contribution in [0.5, 0.6) is 0 Å². The molecular weight excluding hydrogens is 236 g/mol. The zero-order chi connectivity index (χ0) is 13.5. The SMILES string of the molecule is NC1CCC(CNC(=O)C2CCCCCCC2)CC1. The van der Waals surface area contributed by atoms with Crippen LogP contribution in [-0.2, 0) is 4.79 Å². The van der Waals surface area contributed by atoms with Gasteiger partial charge in [-0.05, 0) is 44.4 Å². The van der Waals surface area contributed by atoms with Gasteiger partial charge in [-0.3, -0.25) is 4.79 Å². The molecule has 0 bridgehead atoms. The van der Waals surface area contributed by atoms with Crippen molar-refractivity contribution in [1.82, 2.24) is 5.32 Å². The summed E-state index contributed by atoms with van der Waals surface area (Å²) in [7, 11) is 0. The maximum Gasteiger partial charge on any atom is 0.223 e. The molecule has 0 radical (unpaired) electrons. The smallest absolute Gasteiger partial charge is 0.223 e. The molecule has 0 aromatic rings. The molecule has 0 aliphatic heterocycles. The molecule has 0 unspecified atom stereocenters. The molecule has 0 atom stereocenters. The second-order valence-electron chi connectivity index (χ2n) is 6.57. The zero-order valence-electron chi connectivity index (χ0n) is 12.2. The third-order valence-corrected chi connectivity index (χ3v) is 4.93. The quantitative estimate of drug-likeness (QED) is 0.825. The van der Waals surface area contributed by atoms with Gasteiger partial charge in [-0.2, -0.15) is 0 Å². The molecule has 110 valence electrons. The van der Waals surface area contributed by atoms with Crippen LogP contribution in [0.25, 0.3) is 0 Å². The third kappa shape index (κ3) is 5.13. The molecular formula is C16H30N2O. The molecule has 3 nitrogen and oxygen atoms in total.